The number of carbonyl (C=O) groups excluding carboxylic acids is 1. The molecule has 0 aliphatic rings. The zero-order chi connectivity index (χ0) is 15.9. The van der Waals surface area contributed by atoms with Crippen molar-refractivity contribution in [1.29, 1.82) is 0 Å². The normalized spacial score (nSPS) is 10.3. The van der Waals surface area contributed by atoms with Gasteiger partial charge in [-0.2, -0.15) is 0 Å². The van der Waals surface area contributed by atoms with E-state index in [9.17, 15) is 9.18 Å². The Balaban J connectivity index is 1.94. The van der Waals surface area contributed by atoms with E-state index in [1.165, 1.54) is 18.2 Å². The number of hydrogen-bond donors (Lipinski definition) is 2. The average Bonchev–Trinajstić information content (AvgIpc) is 2.50. The lowest BCUT2D eigenvalue weighted by Gasteiger charge is -2.11. The number of methoxy groups -OCH3 is 1. The monoisotopic (exact) mass is 322 g/mol. The number of nitrogens with one attached hydrogen (secondary N) is 2. The third-order valence-corrected chi connectivity index (χ3v) is 3.32. The van der Waals surface area contributed by atoms with E-state index in [1.54, 1.807) is 7.11 Å². The molecule has 0 aliphatic carbocycles. The molecule has 0 saturated carbocycles. The van der Waals surface area contributed by atoms with Crippen LogP contribution in [0.3, 0.4) is 0 Å². The topological polar surface area (TPSA) is 50.4 Å². The van der Waals surface area contributed by atoms with E-state index >= 15 is 0 Å². The van der Waals surface area contributed by atoms with Crippen LogP contribution in [0.15, 0.2) is 42.5 Å². The van der Waals surface area contributed by atoms with Crippen LogP contribution in [0.1, 0.15) is 11.1 Å². The molecule has 0 fully saturated rings. The molecule has 0 aromatic heterocycles. The first-order chi connectivity index (χ1) is 10.6. The third-order valence-electron chi connectivity index (χ3n) is 3.04. The van der Waals surface area contributed by atoms with Crippen molar-refractivity contribution in [2.75, 3.05) is 12.4 Å². The van der Waals surface area contributed by atoms with Crippen LogP contribution in [0.4, 0.5) is 14.9 Å². The average molecular weight is 323 g/mol. The van der Waals surface area contributed by atoms with Crippen LogP contribution in [0, 0.1) is 5.82 Å². The molecule has 0 aliphatic heterocycles. The molecule has 2 rings (SSSR count). The van der Waals surface area contributed by atoms with Crippen LogP contribution >= 0.6 is 11.6 Å². The van der Waals surface area contributed by atoms with Gasteiger partial charge in [0, 0.05) is 19.3 Å². The summed E-state index contributed by atoms with van der Waals surface area (Å²) < 4.78 is 18.2. The predicted octanol–water partition coefficient (Wildman–Crippen LogP) is 3.95. The highest BCUT2D eigenvalue weighted by molar-refractivity contribution is 6.31. The Hall–Kier alpha value is -2.11. The van der Waals surface area contributed by atoms with Crippen LogP contribution in [0.2, 0.25) is 5.02 Å². The molecule has 2 amide bonds. The maximum Gasteiger partial charge on any atom is 0.319 e. The summed E-state index contributed by atoms with van der Waals surface area (Å²) in [6, 6.07) is 11.3. The fourth-order valence-electron chi connectivity index (χ4n) is 1.95. The summed E-state index contributed by atoms with van der Waals surface area (Å²) in [5, 5.41) is 5.30. The van der Waals surface area contributed by atoms with Crippen LogP contribution in [0.5, 0.6) is 0 Å². The molecule has 0 unspecified atom stereocenters. The Labute approximate surface area is 133 Å². The molecule has 2 aromatic carbocycles. The number of amides is 2. The van der Waals surface area contributed by atoms with E-state index < -0.39 is 11.8 Å². The Kier molecular flexibility index (Phi) is 5.75. The molecule has 0 spiro atoms. The van der Waals surface area contributed by atoms with Gasteiger partial charge in [-0.15, -0.1) is 0 Å². The number of benzene rings is 2. The summed E-state index contributed by atoms with van der Waals surface area (Å²) in [7, 11) is 1.62. The summed E-state index contributed by atoms with van der Waals surface area (Å²) in [4.78, 5) is 11.9. The number of ether oxygens (including phenoxy) is 1. The third kappa shape index (κ3) is 4.44. The van der Waals surface area contributed by atoms with Gasteiger partial charge in [0.1, 0.15) is 5.82 Å². The molecule has 0 bridgehead atoms. The maximum atomic E-state index is 13.1. The van der Waals surface area contributed by atoms with Crippen LogP contribution in [-0.4, -0.2) is 13.1 Å². The highest BCUT2D eigenvalue weighted by Gasteiger charge is 2.06. The fourth-order valence-corrected chi connectivity index (χ4v) is 2.13. The van der Waals surface area contributed by atoms with Gasteiger partial charge in [0.2, 0.25) is 0 Å². The lowest BCUT2D eigenvalue weighted by molar-refractivity contribution is 0.184. The first kappa shape index (κ1) is 16.3. The van der Waals surface area contributed by atoms with Gasteiger partial charge in [-0.3, -0.25) is 0 Å². The Morgan fingerprint density at radius 3 is 2.64 bits per heavy atom. The summed E-state index contributed by atoms with van der Waals surface area (Å²) in [6.45, 7) is 0.841. The van der Waals surface area contributed by atoms with Crippen molar-refractivity contribution in [1.82, 2.24) is 5.32 Å². The number of urea groups is 1. The number of rotatable bonds is 5. The molecule has 2 aromatic rings. The van der Waals surface area contributed by atoms with Crippen LogP contribution in [-0.2, 0) is 17.9 Å². The molecule has 4 nitrogen and oxygen atoms in total. The van der Waals surface area contributed by atoms with Crippen molar-refractivity contribution in [2.24, 2.45) is 0 Å². The van der Waals surface area contributed by atoms with E-state index in [1.807, 2.05) is 24.3 Å². The Morgan fingerprint density at radius 1 is 1.23 bits per heavy atom. The van der Waals surface area contributed by atoms with Gasteiger partial charge in [-0.25, -0.2) is 9.18 Å². The van der Waals surface area contributed by atoms with Gasteiger partial charge in [0.05, 0.1) is 11.6 Å². The molecular formula is C16H16ClFN2O2. The van der Waals surface area contributed by atoms with E-state index in [2.05, 4.69) is 10.6 Å². The second-order valence-corrected chi connectivity index (χ2v) is 5.05. The van der Waals surface area contributed by atoms with Crippen molar-refractivity contribution in [3.8, 4) is 0 Å². The largest absolute Gasteiger partial charge is 0.380 e. The van der Waals surface area contributed by atoms with E-state index in [0.717, 1.165) is 11.1 Å². The van der Waals surface area contributed by atoms with E-state index in [-0.39, 0.29) is 5.02 Å². The smallest absolute Gasteiger partial charge is 0.319 e. The van der Waals surface area contributed by atoms with Gasteiger partial charge in [-0.05, 0) is 29.3 Å². The molecule has 22 heavy (non-hydrogen) atoms. The summed E-state index contributed by atoms with van der Waals surface area (Å²) in [5.41, 5.74) is 2.40. The highest BCUT2D eigenvalue weighted by Crippen LogP contribution is 2.19. The molecule has 0 atom stereocenters. The second kappa shape index (κ2) is 7.77. The highest BCUT2D eigenvalue weighted by atomic mass is 35.5. The SMILES string of the molecule is COCc1ccccc1CNC(=O)Nc1ccc(F)c(Cl)c1. The van der Waals surface area contributed by atoms with Crippen molar-refractivity contribution in [3.05, 3.63) is 64.4 Å². The first-order valence-electron chi connectivity index (χ1n) is 6.66. The molecular weight excluding hydrogens is 307 g/mol. The molecule has 0 heterocycles. The quantitative estimate of drug-likeness (QED) is 0.875. The number of halogens is 2. The van der Waals surface area contributed by atoms with Crippen LogP contribution < -0.4 is 10.6 Å². The van der Waals surface area contributed by atoms with Gasteiger partial charge in [0.15, 0.2) is 0 Å². The molecule has 0 saturated heterocycles. The van der Waals surface area contributed by atoms with Crippen molar-refractivity contribution in [3.63, 3.8) is 0 Å². The lowest BCUT2D eigenvalue weighted by Crippen LogP contribution is -2.28. The first-order valence-corrected chi connectivity index (χ1v) is 7.03. The van der Waals surface area contributed by atoms with Crippen molar-refractivity contribution >= 4 is 23.3 Å². The minimum Gasteiger partial charge on any atom is -0.380 e. The number of anilines is 1. The standard InChI is InChI=1S/C16H16ClFN2O2/c1-22-10-12-5-3-2-4-11(12)9-19-16(21)20-13-6-7-15(18)14(17)8-13/h2-8H,9-10H2,1H3,(H2,19,20,21). The lowest BCUT2D eigenvalue weighted by atomic mass is 10.1. The predicted molar refractivity (Wildman–Crippen MR) is 84.4 cm³/mol. The molecule has 2 N–H and O–H groups in total. The number of hydrogen-bond acceptors (Lipinski definition) is 2. The van der Waals surface area contributed by atoms with Crippen molar-refractivity contribution < 1.29 is 13.9 Å². The van der Waals surface area contributed by atoms with E-state index in [4.69, 9.17) is 16.3 Å². The summed E-state index contributed by atoms with van der Waals surface area (Å²) in [6.07, 6.45) is 0. The molecule has 0 radical (unpaired) electrons. The Bertz CT molecular complexity index is 664. The maximum absolute atomic E-state index is 13.1. The number of carbonyl (C=O) groups is 1. The zero-order valence-electron chi connectivity index (χ0n) is 12.0. The zero-order valence-corrected chi connectivity index (χ0v) is 12.8. The fraction of sp³-hybridized carbons (Fsp3) is 0.188. The minimum atomic E-state index is -0.527. The van der Waals surface area contributed by atoms with Gasteiger partial charge < -0.3 is 15.4 Å². The van der Waals surface area contributed by atoms with Gasteiger partial charge in [-0.1, -0.05) is 35.9 Å². The van der Waals surface area contributed by atoms with Gasteiger partial charge in [0.25, 0.3) is 0 Å². The summed E-state index contributed by atoms with van der Waals surface area (Å²) in [5.74, 6) is -0.527. The van der Waals surface area contributed by atoms with Crippen molar-refractivity contribution in [2.45, 2.75) is 13.2 Å². The molecule has 6 heteroatoms. The van der Waals surface area contributed by atoms with Crippen LogP contribution in [0.25, 0.3) is 0 Å². The Morgan fingerprint density at radius 2 is 1.95 bits per heavy atom. The van der Waals surface area contributed by atoms with E-state index in [0.29, 0.717) is 18.8 Å². The second-order valence-electron chi connectivity index (χ2n) is 4.64. The summed E-state index contributed by atoms with van der Waals surface area (Å²) >= 11 is 5.67. The molecule has 116 valence electrons. The minimum absolute atomic E-state index is 0.0387. The van der Waals surface area contributed by atoms with Gasteiger partial charge >= 0.3 is 6.03 Å².